The summed E-state index contributed by atoms with van der Waals surface area (Å²) in [6.07, 6.45) is 1.48. The van der Waals surface area contributed by atoms with Gasteiger partial charge in [0.25, 0.3) is 0 Å². The molecule has 0 N–H and O–H groups in total. The molecule has 18 heavy (non-hydrogen) atoms. The van der Waals surface area contributed by atoms with Gasteiger partial charge in [-0.05, 0) is 23.8 Å². The molecule has 0 unspecified atom stereocenters. The normalized spacial score (nSPS) is 13.7. The van der Waals surface area contributed by atoms with E-state index in [9.17, 15) is 4.39 Å². The summed E-state index contributed by atoms with van der Waals surface area (Å²) >= 11 is 0. The minimum atomic E-state index is -0.269. The number of hydrogen-bond donors (Lipinski definition) is 0. The summed E-state index contributed by atoms with van der Waals surface area (Å²) in [7, 11) is 0. The lowest BCUT2D eigenvalue weighted by Crippen LogP contribution is -1.92. The van der Waals surface area contributed by atoms with Crippen LogP contribution in [0.4, 0.5) is 4.39 Å². The Morgan fingerprint density at radius 3 is 2.61 bits per heavy atom. The summed E-state index contributed by atoms with van der Waals surface area (Å²) in [5.41, 5.74) is 1.32. The molecule has 0 saturated heterocycles. The van der Waals surface area contributed by atoms with Crippen molar-refractivity contribution in [2.45, 2.75) is 0 Å². The Labute approximate surface area is 104 Å². The molecule has 3 heteroatoms. The van der Waals surface area contributed by atoms with Crippen LogP contribution in [0.25, 0.3) is 11.9 Å². The molecule has 0 saturated carbocycles. The second-order valence-electron chi connectivity index (χ2n) is 3.97. The van der Waals surface area contributed by atoms with E-state index in [4.69, 9.17) is 9.47 Å². The van der Waals surface area contributed by atoms with E-state index in [-0.39, 0.29) is 12.6 Å². The molecule has 0 aliphatic carbocycles. The topological polar surface area (TPSA) is 18.5 Å². The lowest BCUT2D eigenvalue weighted by molar-refractivity contribution is 0.174. The van der Waals surface area contributed by atoms with E-state index in [1.165, 1.54) is 6.08 Å². The first kappa shape index (κ1) is 10.8. The van der Waals surface area contributed by atoms with Crippen molar-refractivity contribution in [3.63, 3.8) is 0 Å². The average molecular weight is 242 g/mol. The maximum Gasteiger partial charge on any atom is 0.231 e. The van der Waals surface area contributed by atoms with Gasteiger partial charge in [0.2, 0.25) is 6.79 Å². The molecule has 2 aromatic rings. The van der Waals surface area contributed by atoms with Gasteiger partial charge in [0.1, 0.15) is 5.83 Å². The SMILES string of the molecule is F/C(=C\c1ccc2c(c1)OCO2)c1ccccc1. The van der Waals surface area contributed by atoms with Crippen molar-refractivity contribution in [1.82, 2.24) is 0 Å². The zero-order valence-corrected chi connectivity index (χ0v) is 9.60. The number of hydrogen-bond acceptors (Lipinski definition) is 2. The molecular weight excluding hydrogens is 231 g/mol. The first-order chi connectivity index (χ1) is 8.83. The molecule has 2 aromatic carbocycles. The molecule has 0 radical (unpaired) electrons. The van der Waals surface area contributed by atoms with Crippen LogP contribution in [-0.2, 0) is 0 Å². The molecule has 0 amide bonds. The van der Waals surface area contributed by atoms with E-state index in [0.29, 0.717) is 17.1 Å². The number of benzene rings is 2. The summed E-state index contributed by atoms with van der Waals surface area (Å²) in [4.78, 5) is 0. The van der Waals surface area contributed by atoms with Gasteiger partial charge in [0, 0.05) is 5.56 Å². The predicted molar refractivity (Wildman–Crippen MR) is 68.0 cm³/mol. The van der Waals surface area contributed by atoms with Crippen LogP contribution in [0, 0.1) is 0 Å². The second-order valence-corrected chi connectivity index (χ2v) is 3.97. The molecule has 2 nitrogen and oxygen atoms in total. The summed E-state index contributed by atoms with van der Waals surface area (Å²) < 4.78 is 24.4. The zero-order chi connectivity index (χ0) is 12.4. The number of fused-ring (bicyclic) bond motifs is 1. The van der Waals surface area contributed by atoms with Crippen molar-refractivity contribution in [2.75, 3.05) is 6.79 Å². The Morgan fingerprint density at radius 2 is 1.78 bits per heavy atom. The molecule has 0 spiro atoms. The van der Waals surface area contributed by atoms with E-state index >= 15 is 0 Å². The number of halogens is 1. The molecule has 90 valence electrons. The van der Waals surface area contributed by atoms with Crippen molar-refractivity contribution in [1.29, 1.82) is 0 Å². The lowest BCUT2D eigenvalue weighted by atomic mass is 10.1. The highest BCUT2D eigenvalue weighted by atomic mass is 19.1. The molecule has 1 aliphatic rings. The smallest absolute Gasteiger partial charge is 0.231 e. The molecule has 0 fully saturated rings. The van der Waals surface area contributed by atoms with Crippen LogP contribution < -0.4 is 9.47 Å². The number of rotatable bonds is 2. The van der Waals surface area contributed by atoms with Crippen LogP contribution in [0.5, 0.6) is 11.5 Å². The molecule has 0 aromatic heterocycles. The van der Waals surface area contributed by atoms with Crippen LogP contribution in [0.15, 0.2) is 48.5 Å². The quantitative estimate of drug-likeness (QED) is 0.744. The van der Waals surface area contributed by atoms with Gasteiger partial charge in [-0.3, -0.25) is 0 Å². The monoisotopic (exact) mass is 242 g/mol. The van der Waals surface area contributed by atoms with E-state index < -0.39 is 0 Å². The fourth-order valence-electron chi connectivity index (χ4n) is 1.83. The van der Waals surface area contributed by atoms with E-state index in [2.05, 4.69) is 0 Å². The Morgan fingerprint density at radius 1 is 1.00 bits per heavy atom. The van der Waals surface area contributed by atoms with E-state index in [0.717, 1.165) is 5.56 Å². The van der Waals surface area contributed by atoms with Crippen molar-refractivity contribution in [2.24, 2.45) is 0 Å². The molecule has 3 rings (SSSR count). The largest absolute Gasteiger partial charge is 0.454 e. The Balaban J connectivity index is 1.92. The maximum atomic E-state index is 14.0. The standard InChI is InChI=1S/C15H11FO2/c16-13(12-4-2-1-3-5-12)8-11-6-7-14-15(9-11)18-10-17-14/h1-9H,10H2/b13-8-. The molecule has 0 bridgehead atoms. The van der Waals surface area contributed by atoms with E-state index in [1.807, 2.05) is 18.2 Å². The van der Waals surface area contributed by atoms with Gasteiger partial charge in [-0.15, -0.1) is 0 Å². The van der Waals surface area contributed by atoms with Gasteiger partial charge in [-0.1, -0.05) is 36.4 Å². The minimum Gasteiger partial charge on any atom is -0.454 e. The van der Waals surface area contributed by atoms with Gasteiger partial charge in [0.05, 0.1) is 0 Å². The Kier molecular flexibility index (Phi) is 2.73. The summed E-state index contributed by atoms with van der Waals surface area (Å²) in [6, 6.07) is 14.3. The maximum absolute atomic E-state index is 14.0. The average Bonchev–Trinajstić information content (AvgIpc) is 2.87. The Hall–Kier alpha value is -2.29. The van der Waals surface area contributed by atoms with Crippen LogP contribution in [0.1, 0.15) is 11.1 Å². The van der Waals surface area contributed by atoms with E-state index in [1.54, 1.807) is 30.3 Å². The fourth-order valence-corrected chi connectivity index (χ4v) is 1.83. The highest BCUT2D eigenvalue weighted by Gasteiger charge is 2.12. The van der Waals surface area contributed by atoms with Gasteiger partial charge >= 0.3 is 0 Å². The van der Waals surface area contributed by atoms with Gasteiger partial charge in [-0.2, -0.15) is 0 Å². The summed E-state index contributed by atoms with van der Waals surface area (Å²) in [6.45, 7) is 0.226. The Bertz CT molecular complexity index is 591. The van der Waals surface area contributed by atoms with Crippen molar-refractivity contribution >= 4 is 11.9 Å². The minimum absolute atomic E-state index is 0.226. The van der Waals surface area contributed by atoms with Crippen LogP contribution >= 0.6 is 0 Å². The first-order valence-electron chi connectivity index (χ1n) is 5.65. The summed E-state index contributed by atoms with van der Waals surface area (Å²) in [5, 5.41) is 0. The first-order valence-corrected chi connectivity index (χ1v) is 5.65. The van der Waals surface area contributed by atoms with Crippen molar-refractivity contribution in [3.05, 3.63) is 59.7 Å². The van der Waals surface area contributed by atoms with Crippen LogP contribution in [0.2, 0.25) is 0 Å². The van der Waals surface area contributed by atoms with Crippen molar-refractivity contribution in [3.8, 4) is 11.5 Å². The molecule has 1 aliphatic heterocycles. The highest BCUT2D eigenvalue weighted by molar-refractivity contribution is 5.77. The fraction of sp³-hybridized carbons (Fsp3) is 0.0667. The van der Waals surface area contributed by atoms with Gasteiger partial charge < -0.3 is 9.47 Å². The summed E-state index contributed by atoms with van der Waals surface area (Å²) in [5.74, 6) is 1.09. The van der Waals surface area contributed by atoms with Crippen LogP contribution in [0.3, 0.4) is 0 Å². The van der Waals surface area contributed by atoms with Crippen molar-refractivity contribution < 1.29 is 13.9 Å². The highest BCUT2D eigenvalue weighted by Crippen LogP contribution is 2.33. The second kappa shape index (κ2) is 4.53. The predicted octanol–water partition coefficient (Wildman–Crippen LogP) is 3.88. The number of ether oxygens (including phenoxy) is 2. The zero-order valence-electron chi connectivity index (χ0n) is 9.60. The molecule has 0 atom stereocenters. The lowest BCUT2D eigenvalue weighted by Gasteiger charge is -2.00. The van der Waals surface area contributed by atoms with Gasteiger partial charge in [-0.25, -0.2) is 4.39 Å². The third-order valence-electron chi connectivity index (χ3n) is 2.74. The van der Waals surface area contributed by atoms with Crippen LogP contribution in [-0.4, -0.2) is 6.79 Å². The molecular formula is C15H11FO2. The van der Waals surface area contributed by atoms with Gasteiger partial charge in [0.15, 0.2) is 11.5 Å². The molecule has 1 heterocycles. The third-order valence-corrected chi connectivity index (χ3v) is 2.74. The third kappa shape index (κ3) is 2.07.